The molecular formula is C10H13ClN4O3. The van der Waals surface area contributed by atoms with E-state index in [4.69, 9.17) is 11.6 Å². The number of rotatable bonds is 3. The summed E-state index contributed by atoms with van der Waals surface area (Å²) in [5.74, 6) is 0.0483. The van der Waals surface area contributed by atoms with Gasteiger partial charge < -0.3 is 10.4 Å². The molecule has 2 N–H and O–H groups in total. The summed E-state index contributed by atoms with van der Waals surface area (Å²) in [7, 11) is 0. The highest BCUT2D eigenvalue weighted by atomic mass is 35.5. The van der Waals surface area contributed by atoms with Crippen LogP contribution in [-0.2, 0) is 0 Å². The third-order valence-corrected chi connectivity index (χ3v) is 3.36. The van der Waals surface area contributed by atoms with Gasteiger partial charge in [0, 0.05) is 0 Å². The van der Waals surface area contributed by atoms with Crippen LogP contribution in [0.3, 0.4) is 0 Å². The number of anilines is 1. The van der Waals surface area contributed by atoms with Crippen LogP contribution in [0.5, 0.6) is 0 Å². The van der Waals surface area contributed by atoms with E-state index >= 15 is 0 Å². The molecule has 1 heterocycles. The van der Waals surface area contributed by atoms with Gasteiger partial charge in [0.15, 0.2) is 0 Å². The van der Waals surface area contributed by atoms with E-state index in [1.54, 1.807) is 6.92 Å². The lowest BCUT2D eigenvalue weighted by Gasteiger charge is -2.26. The molecule has 0 radical (unpaired) electrons. The van der Waals surface area contributed by atoms with E-state index in [0.717, 1.165) is 19.0 Å². The second kappa shape index (κ2) is 4.66. The minimum absolute atomic E-state index is 0.0483. The Morgan fingerprint density at radius 2 is 2.44 bits per heavy atom. The van der Waals surface area contributed by atoms with E-state index in [9.17, 15) is 15.2 Å². The summed E-state index contributed by atoms with van der Waals surface area (Å²) in [6.07, 6.45) is 3.29. The van der Waals surface area contributed by atoms with E-state index in [1.807, 2.05) is 0 Å². The van der Waals surface area contributed by atoms with Crippen LogP contribution in [0, 0.1) is 10.1 Å². The second-order valence-corrected chi connectivity index (χ2v) is 4.91. The topological polar surface area (TPSA) is 101 Å². The third kappa shape index (κ3) is 2.51. The number of hydrogen-bond acceptors (Lipinski definition) is 6. The summed E-state index contributed by atoms with van der Waals surface area (Å²) >= 11 is 5.63. The number of aliphatic hydroxyl groups is 1. The summed E-state index contributed by atoms with van der Waals surface area (Å²) in [6.45, 7) is 1.70. The summed E-state index contributed by atoms with van der Waals surface area (Å²) < 4.78 is 0. The van der Waals surface area contributed by atoms with Gasteiger partial charge in [-0.05, 0) is 37.8 Å². The minimum atomic E-state index is -0.898. The molecule has 2 rings (SSSR count). The summed E-state index contributed by atoms with van der Waals surface area (Å²) in [4.78, 5) is 17.7. The van der Waals surface area contributed by atoms with Crippen LogP contribution in [-0.4, -0.2) is 31.6 Å². The predicted octanol–water partition coefficient (Wildman–Crippen LogP) is 1.75. The number of hydrogen-bond donors (Lipinski definition) is 2. The van der Waals surface area contributed by atoms with Crippen LogP contribution in [0.2, 0.25) is 5.28 Å². The fourth-order valence-corrected chi connectivity index (χ4v) is 2.27. The first-order valence-corrected chi connectivity index (χ1v) is 5.94. The molecule has 0 unspecified atom stereocenters. The Morgan fingerprint density at radius 1 is 1.72 bits per heavy atom. The van der Waals surface area contributed by atoms with E-state index < -0.39 is 10.5 Å². The molecule has 1 saturated carbocycles. The van der Waals surface area contributed by atoms with Crippen molar-refractivity contribution in [2.45, 2.75) is 37.8 Å². The Morgan fingerprint density at radius 3 is 3.00 bits per heavy atom. The summed E-state index contributed by atoms with van der Waals surface area (Å²) in [5.41, 5.74) is -1.15. The predicted molar refractivity (Wildman–Crippen MR) is 65.6 cm³/mol. The zero-order valence-corrected chi connectivity index (χ0v) is 10.5. The number of aromatic nitrogens is 2. The Bertz CT molecular complexity index is 480. The van der Waals surface area contributed by atoms with Crippen molar-refractivity contribution in [3.8, 4) is 0 Å². The van der Waals surface area contributed by atoms with Crippen LogP contribution in [0.15, 0.2) is 6.20 Å². The molecule has 18 heavy (non-hydrogen) atoms. The zero-order valence-electron chi connectivity index (χ0n) is 9.76. The fourth-order valence-electron chi connectivity index (χ4n) is 2.14. The molecule has 1 aliphatic carbocycles. The normalized spacial score (nSPS) is 27.2. The third-order valence-electron chi connectivity index (χ3n) is 3.17. The van der Waals surface area contributed by atoms with Crippen molar-refractivity contribution in [3.63, 3.8) is 0 Å². The molecule has 8 heteroatoms. The zero-order chi connectivity index (χ0) is 13.3. The van der Waals surface area contributed by atoms with Crippen LogP contribution in [0.25, 0.3) is 0 Å². The van der Waals surface area contributed by atoms with Gasteiger partial charge >= 0.3 is 5.69 Å². The lowest BCUT2D eigenvalue weighted by molar-refractivity contribution is -0.384. The van der Waals surface area contributed by atoms with Crippen LogP contribution >= 0.6 is 11.6 Å². The standard InChI is InChI=1S/C10H13ClN4O3/c1-10(16)4-2-3-7(10)13-8-6(15(17)18)5-12-9(11)14-8/h5,7,16H,2-4H2,1H3,(H,12,13,14)/t7-,10-/m1/s1. The average molecular weight is 273 g/mol. The number of nitrogens with zero attached hydrogens (tertiary/aromatic N) is 3. The molecule has 0 amide bonds. The van der Waals surface area contributed by atoms with Crippen molar-refractivity contribution in [1.82, 2.24) is 9.97 Å². The van der Waals surface area contributed by atoms with Crippen molar-refractivity contribution in [2.75, 3.05) is 5.32 Å². The molecule has 0 spiro atoms. The van der Waals surface area contributed by atoms with Crippen molar-refractivity contribution in [3.05, 3.63) is 21.6 Å². The first kappa shape index (κ1) is 13.0. The first-order valence-electron chi connectivity index (χ1n) is 5.56. The van der Waals surface area contributed by atoms with Gasteiger partial charge in [0.25, 0.3) is 0 Å². The van der Waals surface area contributed by atoms with E-state index in [1.165, 1.54) is 0 Å². The minimum Gasteiger partial charge on any atom is -0.388 e. The van der Waals surface area contributed by atoms with Crippen molar-refractivity contribution >= 4 is 23.1 Å². The fraction of sp³-hybridized carbons (Fsp3) is 0.600. The molecular weight excluding hydrogens is 260 g/mol. The molecule has 0 bridgehead atoms. The molecule has 1 fully saturated rings. The molecule has 2 atom stereocenters. The number of halogens is 1. The van der Waals surface area contributed by atoms with Gasteiger partial charge in [-0.3, -0.25) is 10.1 Å². The van der Waals surface area contributed by atoms with Gasteiger partial charge in [0.1, 0.15) is 6.20 Å². The molecule has 1 aromatic rings. The van der Waals surface area contributed by atoms with Gasteiger partial charge in [-0.1, -0.05) is 0 Å². The summed E-state index contributed by atoms with van der Waals surface area (Å²) in [5, 5.41) is 23.8. The van der Waals surface area contributed by atoms with Gasteiger partial charge in [-0.15, -0.1) is 0 Å². The smallest absolute Gasteiger partial charge is 0.329 e. The maximum absolute atomic E-state index is 10.8. The monoisotopic (exact) mass is 272 g/mol. The van der Waals surface area contributed by atoms with Gasteiger partial charge in [-0.25, -0.2) is 4.98 Å². The highest BCUT2D eigenvalue weighted by Gasteiger charge is 2.38. The van der Waals surface area contributed by atoms with E-state index in [0.29, 0.717) is 6.42 Å². The Hall–Kier alpha value is -1.47. The quantitative estimate of drug-likeness (QED) is 0.494. The summed E-state index contributed by atoms with van der Waals surface area (Å²) in [6, 6.07) is -0.276. The average Bonchev–Trinajstić information content (AvgIpc) is 2.58. The van der Waals surface area contributed by atoms with Crippen molar-refractivity contribution < 1.29 is 10.0 Å². The van der Waals surface area contributed by atoms with Crippen LogP contribution in [0.1, 0.15) is 26.2 Å². The largest absolute Gasteiger partial charge is 0.388 e. The van der Waals surface area contributed by atoms with Crippen LogP contribution in [0.4, 0.5) is 11.5 Å². The number of nitrogens with one attached hydrogen (secondary N) is 1. The maximum Gasteiger partial charge on any atom is 0.329 e. The Balaban J connectivity index is 2.28. The van der Waals surface area contributed by atoms with E-state index in [2.05, 4.69) is 15.3 Å². The van der Waals surface area contributed by atoms with E-state index in [-0.39, 0.29) is 22.8 Å². The van der Waals surface area contributed by atoms with Gasteiger partial charge in [-0.2, -0.15) is 4.98 Å². The van der Waals surface area contributed by atoms with Gasteiger partial charge in [0.05, 0.1) is 16.6 Å². The molecule has 0 saturated heterocycles. The highest BCUT2D eigenvalue weighted by molar-refractivity contribution is 6.28. The highest BCUT2D eigenvalue weighted by Crippen LogP contribution is 2.33. The Labute approximate surface area is 108 Å². The van der Waals surface area contributed by atoms with Gasteiger partial charge in [0.2, 0.25) is 11.1 Å². The molecule has 7 nitrogen and oxygen atoms in total. The van der Waals surface area contributed by atoms with Crippen LogP contribution < -0.4 is 5.32 Å². The lowest BCUT2D eigenvalue weighted by Crippen LogP contribution is -2.39. The maximum atomic E-state index is 10.8. The molecule has 0 aliphatic heterocycles. The molecule has 0 aromatic carbocycles. The second-order valence-electron chi connectivity index (χ2n) is 4.58. The lowest BCUT2D eigenvalue weighted by atomic mass is 10.0. The molecule has 98 valence electrons. The number of nitro groups is 1. The SMILES string of the molecule is C[C@@]1(O)CCC[C@H]1Nc1nc(Cl)ncc1[N+](=O)[O-]. The van der Waals surface area contributed by atoms with Crippen molar-refractivity contribution in [1.29, 1.82) is 0 Å². The Kier molecular flexibility index (Phi) is 3.36. The molecule has 1 aromatic heterocycles. The van der Waals surface area contributed by atoms with Crippen molar-refractivity contribution in [2.24, 2.45) is 0 Å². The molecule has 1 aliphatic rings. The first-order chi connectivity index (χ1) is 8.40.